The van der Waals surface area contributed by atoms with Gasteiger partial charge >= 0.3 is 0 Å². The minimum absolute atomic E-state index is 0.0591. The molecule has 3 atom stereocenters. The van der Waals surface area contributed by atoms with E-state index in [9.17, 15) is 0 Å². The molecule has 1 N–H and O–H groups in total. The summed E-state index contributed by atoms with van der Waals surface area (Å²) in [4.78, 5) is 0. The summed E-state index contributed by atoms with van der Waals surface area (Å²) in [5, 5.41) is 16.8. The predicted molar refractivity (Wildman–Crippen MR) is 324 cm³/mol. The first-order valence-electron chi connectivity index (χ1n) is 27.1. The number of aromatic nitrogens is 5. The van der Waals surface area contributed by atoms with E-state index in [-0.39, 0.29) is 18.1 Å². The third-order valence-electron chi connectivity index (χ3n) is 16.7. The Bertz CT molecular complexity index is 4630. The van der Waals surface area contributed by atoms with Gasteiger partial charge in [0.15, 0.2) is 0 Å². The molecule has 0 saturated heterocycles. The summed E-state index contributed by atoms with van der Waals surface area (Å²) in [6.45, 7) is 9.58. The summed E-state index contributed by atoms with van der Waals surface area (Å²) in [6.07, 6.45) is 12.1. The quantitative estimate of drug-likeness (QED) is 0.129. The summed E-state index contributed by atoms with van der Waals surface area (Å²) in [6, 6.07) is 76.0. The first kappa shape index (κ1) is 44.2. The van der Waals surface area contributed by atoms with E-state index in [2.05, 4.69) is 273 Å². The molecule has 6 nitrogen and oxygen atoms in total. The van der Waals surface area contributed by atoms with Crippen molar-refractivity contribution in [3.63, 3.8) is 0 Å². The highest BCUT2D eigenvalue weighted by molar-refractivity contribution is 6.19. The highest BCUT2D eigenvalue weighted by Crippen LogP contribution is 2.46. The van der Waals surface area contributed by atoms with E-state index in [0.717, 1.165) is 52.8 Å². The van der Waals surface area contributed by atoms with E-state index in [0.29, 0.717) is 0 Å². The molecular weight excluding hydrogens is 925 g/mol. The van der Waals surface area contributed by atoms with E-state index in [1.54, 1.807) is 0 Å². The molecule has 14 aromatic rings. The lowest BCUT2D eigenvalue weighted by Gasteiger charge is -2.32. The smallest absolute Gasteiger partial charge is 0.114 e. The van der Waals surface area contributed by atoms with E-state index >= 15 is 0 Å². The van der Waals surface area contributed by atoms with Crippen molar-refractivity contribution in [1.82, 2.24) is 28.2 Å². The third-order valence-corrected chi connectivity index (χ3v) is 16.7. The Labute approximate surface area is 440 Å². The summed E-state index contributed by atoms with van der Waals surface area (Å²) in [7, 11) is 0. The zero-order valence-corrected chi connectivity index (χ0v) is 42.7. The van der Waals surface area contributed by atoms with Crippen molar-refractivity contribution in [2.75, 3.05) is 0 Å². The molecule has 5 aromatic heterocycles. The summed E-state index contributed by atoms with van der Waals surface area (Å²) >= 11 is 0. The van der Waals surface area contributed by atoms with Gasteiger partial charge in [-0.1, -0.05) is 185 Å². The maximum Gasteiger partial charge on any atom is 0.114 e. The van der Waals surface area contributed by atoms with Crippen LogP contribution >= 0.6 is 0 Å². The van der Waals surface area contributed by atoms with E-state index in [1.165, 1.54) is 92.7 Å². The summed E-state index contributed by atoms with van der Waals surface area (Å²) in [5.74, 6) is 1.16. The highest BCUT2D eigenvalue weighted by atomic mass is 15.3. The Hall–Kier alpha value is -9.26. The topological polar surface area (TPSA) is 36.7 Å². The molecule has 15 rings (SSSR count). The van der Waals surface area contributed by atoms with Crippen molar-refractivity contribution < 1.29 is 0 Å². The number of hydrogen-bond acceptors (Lipinski definition) is 1. The number of rotatable bonds is 11. The fourth-order valence-corrected chi connectivity index (χ4v) is 13.5. The molecule has 366 valence electrons. The number of nitrogens with one attached hydrogen (secondary N) is 1. The first-order chi connectivity index (χ1) is 37.6. The largest absolute Gasteiger partial charge is 0.351 e. The second-order valence-electron chi connectivity index (χ2n) is 20.7. The lowest BCUT2D eigenvalue weighted by molar-refractivity contribution is 0.442. The molecule has 5 heterocycles. The molecule has 1 aliphatic rings. The molecular formula is C70H56N6. The van der Waals surface area contributed by atoms with Crippen LogP contribution in [0.4, 0.5) is 0 Å². The van der Waals surface area contributed by atoms with Gasteiger partial charge in [0.05, 0.1) is 55.7 Å². The Morgan fingerprint density at radius 2 is 0.895 bits per heavy atom. The number of benzene rings is 9. The number of hydrogen-bond donors (Lipinski definition) is 1. The molecule has 0 bridgehead atoms. The number of nitrogens with zero attached hydrogens (tertiary/aromatic N) is 5. The molecule has 0 radical (unpaired) electrons. The fraction of sp³-hybridized carbons (Fsp3) is 0.114. The van der Waals surface area contributed by atoms with Crippen LogP contribution < -0.4 is 5.32 Å². The van der Waals surface area contributed by atoms with Gasteiger partial charge in [-0.2, -0.15) is 0 Å². The van der Waals surface area contributed by atoms with Crippen molar-refractivity contribution in [2.45, 2.75) is 45.3 Å². The standard InChI is InChI=1S/C70H56N6/c1-4-23-69(71-70(75-64-37-19-10-28-51(64)52-29-11-20-38-65(52)75)42-45(3)72-59-32-14-6-24-47(59)48-25-7-15-33-60(48)72)76-66-39-21-13-31-54(66)56-43-55-53-30-12-18-36-63(53)74(67(55)44-68(56)76)58-41-22-40-57(46(58)5-2)73-61-34-16-8-26-49(61)50-27-9-17-35-62(50)73/h6-22,24-44,46,58,69,71H,3-5,23H2,1-2H3/b70-42+. The maximum absolute atomic E-state index is 4.91. The minimum Gasteiger partial charge on any atom is -0.351 e. The molecule has 9 aromatic carbocycles. The molecule has 0 spiro atoms. The van der Waals surface area contributed by atoms with Gasteiger partial charge in [0.25, 0.3) is 0 Å². The second-order valence-corrected chi connectivity index (χ2v) is 20.7. The average molecular weight is 981 g/mol. The van der Waals surface area contributed by atoms with Crippen molar-refractivity contribution in [3.05, 3.63) is 237 Å². The molecule has 3 unspecified atom stereocenters. The van der Waals surface area contributed by atoms with Crippen LogP contribution in [0.1, 0.15) is 45.3 Å². The van der Waals surface area contributed by atoms with Crippen LogP contribution in [0.5, 0.6) is 0 Å². The van der Waals surface area contributed by atoms with Crippen LogP contribution in [0, 0.1) is 5.92 Å². The zero-order valence-electron chi connectivity index (χ0n) is 42.7. The Morgan fingerprint density at radius 3 is 1.41 bits per heavy atom. The molecule has 0 fully saturated rings. The highest BCUT2D eigenvalue weighted by Gasteiger charge is 2.32. The van der Waals surface area contributed by atoms with E-state index < -0.39 is 0 Å². The maximum atomic E-state index is 4.91. The lowest BCUT2D eigenvalue weighted by Crippen LogP contribution is -2.28. The number of para-hydroxylation sites is 8. The molecule has 1 aliphatic carbocycles. The van der Waals surface area contributed by atoms with Crippen molar-refractivity contribution in [3.8, 4) is 0 Å². The molecule has 0 aliphatic heterocycles. The van der Waals surface area contributed by atoms with Crippen LogP contribution in [0.2, 0.25) is 0 Å². The van der Waals surface area contributed by atoms with Gasteiger partial charge in [-0.05, 0) is 79.6 Å². The average Bonchev–Trinajstić information content (AvgIpc) is 4.34. The van der Waals surface area contributed by atoms with Crippen LogP contribution in [0.15, 0.2) is 237 Å². The zero-order chi connectivity index (χ0) is 50.6. The Morgan fingerprint density at radius 1 is 0.474 bits per heavy atom. The van der Waals surface area contributed by atoms with E-state index in [4.69, 9.17) is 6.58 Å². The van der Waals surface area contributed by atoms with Gasteiger partial charge in [-0.15, -0.1) is 0 Å². The third kappa shape index (κ3) is 6.46. The SMILES string of the molecule is C=C(/C=C(\NC(CCC)n1c2ccccc2c2cc3c4ccccc4n(C4C=CC=C(n5c6ccccc6c6ccccc65)C4CC)c3cc21)n1c2ccccc2c2ccccc21)n1c2ccccc2c2ccccc21. The van der Waals surface area contributed by atoms with Crippen LogP contribution in [0.3, 0.4) is 0 Å². The summed E-state index contributed by atoms with van der Waals surface area (Å²) in [5.41, 5.74) is 14.2. The normalized spacial score (nSPS) is 15.8. The predicted octanol–water partition coefficient (Wildman–Crippen LogP) is 18.5. The number of fused-ring (bicyclic) bond motifs is 15. The number of allylic oxidation sites excluding steroid dienone is 6. The van der Waals surface area contributed by atoms with Gasteiger partial charge in [-0.25, -0.2) is 0 Å². The van der Waals surface area contributed by atoms with Crippen molar-refractivity contribution >= 4 is 126 Å². The van der Waals surface area contributed by atoms with Gasteiger partial charge in [-0.3, -0.25) is 4.57 Å². The van der Waals surface area contributed by atoms with Gasteiger partial charge in [0.1, 0.15) is 12.0 Å². The van der Waals surface area contributed by atoms with Crippen LogP contribution in [0.25, 0.3) is 126 Å². The van der Waals surface area contributed by atoms with Crippen LogP contribution in [-0.2, 0) is 0 Å². The fourth-order valence-electron chi connectivity index (χ4n) is 13.5. The monoisotopic (exact) mass is 980 g/mol. The van der Waals surface area contributed by atoms with Crippen molar-refractivity contribution in [2.24, 2.45) is 5.92 Å². The second kappa shape index (κ2) is 17.4. The van der Waals surface area contributed by atoms with Crippen molar-refractivity contribution in [1.29, 1.82) is 0 Å². The molecule has 76 heavy (non-hydrogen) atoms. The molecule has 0 amide bonds. The van der Waals surface area contributed by atoms with Gasteiger partial charge in [0.2, 0.25) is 0 Å². The molecule has 0 saturated carbocycles. The minimum atomic E-state index is -0.150. The molecule has 6 heteroatoms. The van der Waals surface area contributed by atoms with Crippen LogP contribution in [-0.4, -0.2) is 22.8 Å². The lowest BCUT2D eigenvalue weighted by atomic mass is 9.88. The van der Waals surface area contributed by atoms with Gasteiger partial charge in [0, 0.05) is 82.8 Å². The van der Waals surface area contributed by atoms with E-state index in [1.807, 2.05) is 0 Å². The van der Waals surface area contributed by atoms with Gasteiger partial charge < -0.3 is 23.6 Å². The Balaban J connectivity index is 0.948. The Kier molecular flexibility index (Phi) is 10.1. The summed E-state index contributed by atoms with van der Waals surface area (Å²) < 4.78 is 12.6. The first-order valence-corrected chi connectivity index (χ1v) is 27.1.